The molecular weight excluding hydrogens is 358 g/mol. The zero-order valence-corrected chi connectivity index (χ0v) is 16.5. The van der Waals surface area contributed by atoms with E-state index >= 15 is 0 Å². The number of amides is 1. The summed E-state index contributed by atoms with van der Waals surface area (Å²) in [5.41, 5.74) is 4.91. The predicted molar refractivity (Wildman–Crippen MR) is 110 cm³/mol. The largest absolute Gasteiger partial charge is 0.497 e. The van der Waals surface area contributed by atoms with Gasteiger partial charge in [-0.1, -0.05) is 29.8 Å². The third-order valence-corrected chi connectivity index (χ3v) is 4.95. The van der Waals surface area contributed by atoms with Crippen LogP contribution in [0, 0.1) is 13.8 Å². The van der Waals surface area contributed by atoms with Crippen LogP contribution < -0.4 is 15.4 Å². The van der Waals surface area contributed by atoms with Crippen molar-refractivity contribution < 1.29 is 9.53 Å². The van der Waals surface area contributed by atoms with Crippen LogP contribution in [0.1, 0.15) is 27.2 Å². The first-order chi connectivity index (χ1) is 13.0. The van der Waals surface area contributed by atoms with Crippen molar-refractivity contribution in [2.45, 2.75) is 20.3 Å². The number of aromatic nitrogens is 1. The summed E-state index contributed by atoms with van der Waals surface area (Å²) in [7, 11) is 1.65. The summed E-state index contributed by atoms with van der Waals surface area (Å²) >= 11 is 1.42. The minimum absolute atomic E-state index is 0.164. The van der Waals surface area contributed by atoms with E-state index in [1.54, 1.807) is 12.5 Å². The van der Waals surface area contributed by atoms with Gasteiger partial charge < -0.3 is 15.4 Å². The molecule has 0 bridgehead atoms. The summed E-state index contributed by atoms with van der Waals surface area (Å²) in [5, 5.41) is 8.68. The van der Waals surface area contributed by atoms with Crippen molar-refractivity contribution in [1.29, 1.82) is 0 Å². The molecule has 1 heterocycles. The summed E-state index contributed by atoms with van der Waals surface area (Å²) < 4.78 is 5.22. The lowest BCUT2D eigenvalue weighted by atomic mass is 10.1. The van der Waals surface area contributed by atoms with Crippen molar-refractivity contribution in [3.8, 4) is 5.75 Å². The molecule has 0 saturated heterocycles. The van der Waals surface area contributed by atoms with Gasteiger partial charge in [-0.25, -0.2) is 4.98 Å². The summed E-state index contributed by atoms with van der Waals surface area (Å²) in [4.78, 5) is 16.7. The minimum Gasteiger partial charge on any atom is -0.497 e. The molecule has 0 aliphatic carbocycles. The van der Waals surface area contributed by atoms with Crippen molar-refractivity contribution >= 4 is 28.1 Å². The van der Waals surface area contributed by atoms with Crippen LogP contribution in [0.2, 0.25) is 0 Å². The number of carbonyl (C=O) groups is 1. The van der Waals surface area contributed by atoms with Gasteiger partial charge in [-0.3, -0.25) is 4.79 Å². The molecule has 0 unspecified atom stereocenters. The van der Waals surface area contributed by atoms with Crippen LogP contribution in [0.5, 0.6) is 5.75 Å². The molecule has 6 heteroatoms. The van der Waals surface area contributed by atoms with E-state index in [4.69, 9.17) is 4.74 Å². The maximum atomic E-state index is 12.3. The molecule has 2 N–H and O–H groups in total. The third kappa shape index (κ3) is 5.08. The highest BCUT2D eigenvalue weighted by Gasteiger charge is 2.11. The van der Waals surface area contributed by atoms with E-state index in [-0.39, 0.29) is 5.91 Å². The van der Waals surface area contributed by atoms with Gasteiger partial charge in [-0.15, -0.1) is 11.3 Å². The number of ether oxygens (including phenoxy) is 1. The Hall–Kier alpha value is -2.86. The minimum atomic E-state index is -0.164. The van der Waals surface area contributed by atoms with Gasteiger partial charge in [0.25, 0.3) is 5.91 Å². The third-order valence-electron chi connectivity index (χ3n) is 4.19. The molecule has 3 aromatic rings. The lowest BCUT2D eigenvalue weighted by Gasteiger charge is -2.07. The van der Waals surface area contributed by atoms with Gasteiger partial charge in [0.05, 0.1) is 7.11 Å². The van der Waals surface area contributed by atoms with Gasteiger partial charge in [0.2, 0.25) is 0 Å². The summed E-state index contributed by atoms with van der Waals surface area (Å²) in [6.07, 6.45) is 0.737. The fraction of sp³-hybridized carbons (Fsp3) is 0.238. The van der Waals surface area contributed by atoms with Crippen LogP contribution in [0.4, 0.5) is 10.8 Å². The number of aryl methyl sites for hydroxylation is 2. The molecule has 0 aliphatic heterocycles. The maximum Gasteiger partial charge on any atom is 0.270 e. The zero-order valence-electron chi connectivity index (χ0n) is 15.7. The fourth-order valence-corrected chi connectivity index (χ4v) is 3.45. The fourth-order valence-electron chi connectivity index (χ4n) is 2.74. The van der Waals surface area contributed by atoms with Crippen LogP contribution >= 0.6 is 11.3 Å². The van der Waals surface area contributed by atoms with Gasteiger partial charge in [-0.2, -0.15) is 0 Å². The number of hydrogen-bond donors (Lipinski definition) is 2. The number of benzene rings is 2. The Morgan fingerprint density at radius 3 is 2.81 bits per heavy atom. The molecule has 1 amide bonds. The zero-order chi connectivity index (χ0) is 19.2. The Morgan fingerprint density at radius 2 is 2.04 bits per heavy atom. The van der Waals surface area contributed by atoms with Crippen LogP contribution in [0.3, 0.4) is 0 Å². The number of rotatable bonds is 7. The quantitative estimate of drug-likeness (QED) is 0.633. The van der Waals surface area contributed by atoms with Crippen molar-refractivity contribution in [2.24, 2.45) is 0 Å². The van der Waals surface area contributed by atoms with Gasteiger partial charge in [0.1, 0.15) is 11.4 Å². The number of hydrogen-bond acceptors (Lipinski definition) is 5. The highest BCUT2D eigenvalue weighted by Crippen LogP contribution is 2.24. The van der Waals surface area contributed by atoms with Gasteiger partial charge in [0.15, 0.2) is 5.13 Å². The Labute approximate surface area is 163 Å². The van der Waals surface area contributed by atoms with Crippen molar-refractivity contribution in [3.05, 3.63) is 70.2 Å². The van der Waals surface area contributed by atoms with E-state index < -0.39 is 0 Å². The van der Waals surface area contributed by atoms with E-state index in [1.807, 2.05) is 30.3 Å². The summed E-state index contributed by atoms with van der Waals surface area (Å²) in [6.45, 7) is 4.66. The topological polar surface area (TPSA) is 63.2 Å². The van der Waals surface area contributed by atoms with E-state index in [2.05, 4.69) is 41.6 Å². The van der Waals surface area contributed by atoms with E-state index in [0.29, 0.717) is 17.4 Å². The molecular formula is C21H23N3O2S. The monoisotopic (exact) mass is 381 g/mol. The molecule has 5 nitrogen and oxygen atoms in total. The molecule has 27 heavy (non-hydrogen) atoms. The average Bonchev–Trinajstić information content (AvgIpc) is 3.13. The number of methoxy groups -OCH3 is 1. The molecule has 0 atom stereocenters. The summed E-state index contributed by atoms with van der Waals surface area (Å²) in [6, 6.07) is 14.0. The molecule has 2 aromatic carbocycles. The first-order valence-electron chi connectivity index (χ1n) is 8.76. The predicted octanol–water partition coefficient (Wildman–Crippen LogP) is 4.48. The van der Waals surface area contributed by atoms with Gasteiger partial charge in [0, 0.05) is 17.6 Å². The number of carbonyl (C=O) groups excluding carboxylic acids is 1. The second kappa shape index (κ2) is 8.68. The molecule has 3 rings (SSSR count). The Balaban J connectivity index is 1.55. The molecule has 0 spiro atoms. The van der Waals surface area contributed by atoms with Crippen molar-refractivity contribution in [2.75, 3.05) is 19.0 Å². The number of anilines is 2. The molecule has 0 radical (unpaired) electrons. The number of nitrogens with zero attached hydrogens (tertiary/aromatic N) is 1. The Bertz CT molecular complexity index is 937. The lowest BCUT2D eigenvalue weighted by molar-refractivity contribution is 0.0950. The standard InChI is InChI=1S/C21H23N3O2S/c1-14-7-8-18(15(2)11-14)23-21-24-19(13-27-21)20(25)22-10-9-16-5-4-6-17(12-16)26-3/h4-8,11-13H,9-10H2,1-3H3,(H,22,25)(H,23,24). The Morgan fingerprint density at radius 1 is 1.19 bits per heavy atom. The average molecular weight is 382 g/mol. The van der Waals surface area contributed by atoms with E-state index in [9.17, 15) is 4.79 Å². The van der Waals surface area contributed by atoms with Crippen molar-refractivity contribution in [1.82, 2.24) is 10.3 Å². The van der Waals surface area contributed by atoms with Crippen molar-refractivity contribution in [3.63, 3.8) is 0 Å². The van der Waals surface area contributed by atoms with Crippen LogP contribution in [0.25, 0.3) is 0 Å². The first kappa shape index (κ1) is 18.9. The van der Waals surface area contributed by atoms with Crippen LogP contribution in [-0.4, -0.2) is 24.5 Å². The lowest BCUT2D eigenvalue weighted by Crippen LogP contribution is -2.26. The van der Waals surface area contributed by atoms with Gasteiger partial charge >= 0.3 is 0 Å². The van der Waals surface area contributed by atoms with E-state index in [1.165, 1.54) is 16.9 Å². The summed E-state index contributed by atoms with van der Waals surface area (Å²) in [5.74, 6) is 0.656. The molecule has 0 aliphatic rings. The maximum absolute atomic E-state index is 12.3. The highest BCUT2D eigenvalue weighted by molar-refractivity contribution is 7.14. The smallest absolute Gasteiger partial charge is 0.270 e. The Kier molecular flexibility index (Phi) is 6.08. The molecule has 0 fully saturated rings. The highest BCUT2D eigenvalue weighted by atomic mass is 32.1. The molecule has 140 valence electrons. The van der Waals surface area contributed by atoms with Crippen LogP contribution in [-0.2, 0) is 6.42 Å². The van der Waals surface area contributed by atoms with Gasteiger partial charge in [-0.05, 0) is 49.6 Å². The molecule has 1 aromatic heterocycles. The normalized spacial score (nSPS) is 10.5. The van der Waals surface area contributed by atoms with Crippen LogP contribution in [0.15, 0.2) is 47.8 Å². The molecule has 0 saturated carbocycles. The second-order valence-corrected chi connectivity index (χ2v) is 7.20. The SMILES string of the molecule is COc1cccc(CCNC(=O)c2csc(Nc3ccc(C)cc3C)n2)c1. The van der Waals surface area contributed by atoms with E-state index in [0.717, 1.165) is 29.0 Å². The number of nitrogens with one attached hydrogen (secondary N) is 2. The number of thiazole rings is 1. The second-order valence-electron chi connectivity index (χ2n) is 6.34. The first-order valence-corrected chi connectivity index (χ1v) is 9.64.